The number of hydrogen-bond donors (Lipinski definition) is 0. The van der Waals surface area contributed by atoms with E-state index in [0.29, 0.717) is 0 Å². The van der Waals surface area contributed by atoms with Crippen LogP contribution in [-0.4, -0.2) is 0 Å². The molecular weight excluding hydrogens is 484 g/mol. The Balaban J connectivity index is 1.89. The third kappa shape index (κ3) is 5.04. The molecule has 0 amide bonds. The monoisotopic (exact) mass is 518 g/mol. The van der Waals surface area contributed by atoms with Crippen LogP contribution in [0.15, 0.2) is 97.1 Å². The Morgan fingerprint density at radius 3 is 1.21 bits per heavy atom. The Morgan fingerprint density at radius 1 is 0.545 bits per heavy atom. The van der Waals surface area contributed by atoms with Crippen molar-refractivity contribution in [3.63, 3.8) is 0 Å². The van der Waals surface area contributed by atoms with Crippen molar-refractivity contribution >= 4 is 0 Å². The molecule has 0 radical (unpaired) electrons. The zero-order valence-electron chi connectivity index (χ0n) is 20.7. The summed E-state index contributed by atoms with van der Waals surface area (Å²) in [7, 11) is 0. The van der Waals surface area contributed by atoms with Gasteiger partial charge in [0.15, 0.2) is 0 Å². The molecule has 0 saturated carbocycles. The SMILES string of the molecule is CC(C)(C)c1ccccc1[O][Zr]([O]c1ccccc1C(C)(C)C)([CH]1C=CC=C1)[CH]1C=CC=C1. The summed E-state index contributed by atoms with van der Waals surface area (Å²) in [5.74, 6) is 1.91. The summed E-state index contributed by atoms with van der Waals surface area (Å²) in [5, 5.41) is 0. The van der Waals surface area contributed by atoms with E-state index >= 15 is 0 Å². The Hall–Kier alpha value is -2.12. The fraction of sp³-hybridized carbons (Fsp3) is 0.333. The van der Waals surface area contributed by atoms with E-state index in [4.69, 9.17) is 5.63 Å². The minimum absolute atomic E-state index is 0.0276. The van der Waals surface area contributed by atoms with Crippen molar-refractivity contribution in [2.24, 2.45) is 0 Å². The molecule has 2 aromatic carbocycles. The topological polar surface area (TPSA) is 18.5 Å². The van der Waals surface area contributed by atoms with Crippen LogP contribution >= 0.6 is 0 Å². The zero-order chi connectivity index (χ0) is 23.7. The van der Waals surface area contributed by atoms with E-state index in [9.17, 15) is 0 Å². The average molecular weight is 520 g/mol. The average Bonchev–Trinajstić information content (AvgIpc) is 3.47. The van der Waals surface area contributed by atoms with Crippen LogP contribution in [0.3, 0.4) is 0 Å². The minimum atomic E-state index is -4.01. The van der Waals surface area contributed by atoms with Gasteiger partial charge in [0.05, 0.1) is 0 Å². The van der Waals surface area contributed by atoms with Crippen LogP contribution in [0.4, 0.5) is 0 Å². The first-order valence-corrected chi connectivity index (χ1v) is 16.7. The molecule has 0 unspecified atom stereocenters. The van der Waals surface area contributed by atoms with Gasteiger partial charge in [-0.3, -0.25) is 0 Å². The number of benzene rings is 2. The summed E-state index contributed by atoms with van der Waals surface area (Å²) in [4.78, 5) is 0. The molecular formula is C30H36O2Zr. The van der Waals surface area contributed by atoms with Gasteiger partial charge < -0.3 is 0 Å². The van der Waals surface area contributed by atoms with Crippen molar-refractivity contribution in [2.45, 2.75) is 59.6 Å². The van der Waals surface area contributed by atoms with E-state index in [2.05, 4.69) is 139 Å². The van der Waals surface area contributed by atoms with Crippen LogP contribution in [0.25, 0.3) is 0 Å². The number of hydrogen-bond acceptors (Lipinski definition) is 2. The molecule has 0 aliphatic heterocycles. The first kappa shape index (κ1) is 24.0. The van der Waals surface area contributed by atoms with Crippen LogP contribution in [-0.2, 0) is 32.0 Å². The molecule has 0 fully saturated rings. The molecule has 0 heterocycles. The summed E-state index contributed by atoms with van der Waals surface area (Å²) in [6.07, 6.45) is 17.6. The summed E-state index contributed by atoms with van der Waals surface area (Å²) >= 11 is -4.01. The van der Waals surface area contributed by atoms with E-state index < -0.39 is 21.1 Å². The Kier molecular flexibility index (Phi) is 6.74. The third-order valence-electron chi connectivity index (χ3n) is 6.35. The number of allylic oxidation sites excluding steroid dienone is 8. The molecule has 0 bridgehead atoms. The summed E-state index contributed by atoms with van der Waals surface area (Å²) in [6.45, 7) is 13.5. The molecule has 33 heavy (non-hydrogen) atoms. The van der Waals surface area contributed by atoms with Gasteiger partial charge in [0.2, 0.25) is 0 Å². The van der Waals surface area contributed by atoms with Crippen molar-refractivity contribution in [1.82, 2.24) is 0 Å². The van der Waals surface area contributed by atoms with Gasteiger partial charge in [-0.25, -0.2) is 0 Å². The molecule has 0 aromatic heterocycles. The van der Waals surface area contributed by atoms with Gasteiger partial charge >= 0.3 is 206 Å². The van der Waals surface area contributed by atoms with E-state index in [1.165, 1.54) is 11.1 Å². The quantitative estimate of drug-likeness (QED) is 0.381. The normalized spacial score (nSPS) is 16.7. The third-order valence-corrected chi connectivity index (χ3v) is 15.5. The Morgan fingerprint density at radius 2 is 0.879 bits per heavy atom. The van der Waals surface area contributed by atoms with Crippen LogP contribution in [0.5, 0.6) is 11.5 Å². The van der Waals surface area contributed by atoms with Crippen LogP contribution in [0, 0.1) is 0 Å². The zero-order valence-corrected chi connectivity index (χ0v) is 23.2. The molecule has 172 valence electrons. The Labute approximate surface area is 205 Å². The molecule has 0 spiro atoms. The fourth-order valence-electron chi connectivity index (χ4n) is 4.61. The van der Waals surface area contributed by atoms with Gasteiger partial charge in [-0.1, -0.05) is 0 Å². The molecule has 3 heteroatoms. The molecule has 2 aliphatic rings. The molecule has 2 nitrogen and oxygen atoms in total. The molecule has 4 rings (SSSR count). The van der Waals surface area contributed by atoms with Crippen LogP contribution in [0.2, 0.25) is 7.25 Å². The number of para-hydroxylation sites is 2. The first-order chi connectivity index (χ1) is 15.6. The second-order valence-electron chi connectivity index (χ2n) is 11.0. The predicted molar refractivity (Wildman–Crippen MR) is 136 cm³/mol. The molecule has 0 saturated heterocycles. The maximum atomic E-state index is 7.28. The molecule has 2 aromatic rings. The maximum absolute atomic E-state index is 7.28. The van der Waals surface area contributed by atoms with Gasteiger partial charge in [-0.05, 0) is 0 Å². The van der Waals surface area contributed by atoms with E-state index in [1.807, 2.05) is 0 Å². The van der Waals surface area contributed by atoms with Crippen molar-refractivity contribution in [3.8, 4) is 11.5 Å². The number of rotatable bonds is 6. The van der Waals surface area contributed by atoms with Crippen LogP contribution in [0.1, 0.15) is 52.7 Å². The fourth-order valence-corrected chi connectivity index (χ4v) is 13.4. The van der Waals surface area contributed by atoms with Gasteiger partial charge in [0.25, 0.3) is 0 Å². The van der Waals surface area contributed by atoms with E-state index in [1.54, 1.807) is 0 Å². The second kappa shape index (κ2) is 9.26. The summed E-state index contributed by atoms with van der Waals surface area (Å²) < 4.78 is 14.9. The summed E-state index contributed by atoms with van der Waals surface area (Å²) in [5.41, 5.74) is 2.38. The molecule has 2 aliphatic carbocycles. The van der Waals surface area contributed by atoms with Crippen molar-refractivity contribution < 1.29 is 26.8 Å². The van der Waals surface area contributed by atoms with Gasteiger partial charge in [0.1, 0.15) is 0 Å². The Bertz CT molecular complexity index is 995. The van der Waals surface area contributed by atoms with Crippen molar-refractivity contribution in [3.05, 3.63) is 108 Å². The second-order valence-corrected chi connectivity index (χ2v) is 18.8. The van der Waals surface area contributed by atoms with Crippen LogP contribution < -0.4 is 5.63 Å². The predicted octanol–water partition coefficient (Wildman–Crippen LogP) is 8.55. The molecule has 0 N–H and O–H groups in total. The van der Waals surface area contributed by atoms with Gasteiger partial charge in [-0.2, -0.15) is 0 Å². The van der Waals surface area contributed by atoms with Crippen molar-refractivity contribution in [1.29, 1.82) is 0 Å². The standard InChI is InChI=1S/2C10H14O.2C5H5.Zr/c2*1-10(2,3)8-6-4-5-7-9(8)11;2*1-2-4-5-3-1;/h2*4-7,11H,1-3H3;2*1-5H;/q;;;;+2/p-2. The van der Waals surface area contributed by atoms with Crippen molar-refractivity contribution in [2.75, 3.05) is 0 Å². The van der Waals surface area contributed by atoms with Gasteiger partial charge in [-0.15, -0.1) is 0 Å². The van der Waals surface area contributed by atoms with Gasteiger partial charge in [0, 0.05) is 0 Å². The first-order valence-electron chi connectivity index (χ1n) is 11.9. The van der Waals surface area contributed by atoms with E-state index in [0.717, 1.165) is 11.5 Å². The summed E-state index contributed by atoms with van der Waals surface area (Å²) in [6, 6.07) is 17.0. The molecule has 0 atom stereocenters. The van der Waals surface area contributed by atoms with E-state index in [-0.39, 0.29) is 18.1 Å².